The molecule has 1 fully saturated rings. The number of aryl methyl sites for hydroxylation is 1. The van der Waals surface area contributed by atoms with Crippen LogP contribution in [0.5, 0.6) is 11.6 Å². The number of nitrogens with two attached hydrogens (primary N) is 1. The number of aromatic nitrogens is 2. The fraction of sp³-hybridized carbons (Fsp3) is 0.333. The molecule has 1 aliphatic rings. The van der Waals surface area contributed by atoms with Crippen LogP contribution in [0.15, 0.2) is 18.2 Å². The molecule has 0 saturated heterocycles. The first-order chi connectivity index (χ1) is 10.1. The maximum atomic E-state index is 13.6. The Labute approximate surface area is 122 Å². The average molecular weight is 288 g/mol. The molecule has 0 unspecified atom stereocenters. The number of benzene rings is 1. The second kappa shape index (κ2) is 5.29. The van der Waals surface area contributed by atoms with Crippen LogP contribution >= 0.6 is 0 Å². The Bertz CT molecular complexity index is 686. The van der Waals surface area contributed by atoms with E-state index in [1.54, 1.807) is 19.1 Å². The minimum Gasteiger partial charge on any atom is -0.438 e. The maximum Gasteiger partial charge on any atom is 0.227 e. The van der Waals surface area contributed by atoms with Gasteiger partial charge in [0.15, 0.2) is 5.82 Å². The summed E-state index contributed by atoms with van der Waals surface area (Å²) in [6, 6.07) is 4.74. The van der Waals surface area contributed by atoms with E-state index in [1.807, 2.05) is 6.92 Å². The minimum atomic E-state index is -0.307. The van der Waals surface area contributed by atoms with Gasteiger partial charge in [0, 0.05) is 12.0 Å². The second-order valence-electron chi connectivity index (χ2n) is 5.29. The van der Waals surface area contributed by atoms with Gasteiger partial charge in [0.2, 0.25) is 5.88 Å². The summed E-state index contributed by atoms with van der Waals surface area (Å²) in [5.41, 5.74) is 3.83. The van der Waals surface area contributed by atoms with Crippen molar-refractivity contribution >= 4 is 5.82 Å². The Morgan fingerprint density at radius 3 is 2.67 bits per heavy atom. The van der Waals surface area contributed by atoms with Gasteiger partial charge in [-0.05, 0) is 38.3 Å². The number of hydrogen-bond acceptors (Lipinski definition) is 5. The average Bonchev–Trinajstić information content (AvgIpc) is 3.29. The van der Waals surface area contributed by atoms with Gasteiger partial charge in [-0.3, -0.25) is 0 Å². The molecule has 6 heteroatoms. The van der Waals surface area contributed by atoms with E-state index < -0.39 is 0 Å². The van der Waals surface area contributed by atoms with Crippen molar-refractivity contribution in [2.24, 2.45) is 5.84 Å². The predicted molar refractivity (Wildman–Crippen MR) is 77.8 cm³/mol. The number of hydrogen-bond donors (Lipinski definition) is 2. The fourth-order valence-corrected chi connectivity index (χ4v) is 2.03. The molecule has 1 aromatic carbocycles. The van der Waals surface area contributed by atoms with Gasteiger partial charge in [0.25, 0.3) is 0 Å². The van der Waals surface area contributed by atoms with Crippen LogP contribution in [-0.2, 0) is 0 Å². The lowest BCUT2D eigenvalue weighted by atomic mass is 10.2. The Morgan fingerprint density at radius 2 is 2.05 bits per heavy atom. The highest BCUT2D eigenvalue weighted by atomic mass is 19.1. The summed E-state index contributed by atoms with van der Waals surface area (Å²) in [4.78, 5) is 8.82. The molecule has 1 aliphatic carbocycles. The van der Waals surface area contributed by atoms with Crippen LogP contribution in [-0.4, -0.2) is 9.97 Å². The van der Waals surface area contributed by atoms with Crippen LogP contribution in [0.2, 0.25) is 0 Å². The van der Waals surface area contributed by atoms with Crippen molar-refractivity contribution in [2.45, 2.75) is 32.6 Å². The highest BCUT2D eigenvalue weighted by Gasteiger charge is 2.28. The molecule has 1 heterocycles. The summed E-state index contributed by atoms with van der Waals surface area (Å²) < 4.78 is 19.3. The van der Waals surface area contributed by atoms with Crippen LogP contribution in [0.25, 0.3) is 0 Å². The summed E-state index contributed by atoms with van der Waals surface area (Å²) in [7, 11) is 0. The van der Waals surface area contributed by atoms with E-state index >= 15 is 0 Å². The van der Waals surface area contributed by atoms with Crippen molar-refractivity contribution in [3.8, 4) is 11.6 Å². The maximum absolute atomic E-state index is 13.6. The zero-order valence-electron chi connectivity index (χ0n) is 12.0. The fourth-order valence-electron chi connectivity index (χ4n) is 2.03. The highest BCUT2D eigenvalue weighted by molar-refractivity contribution is 5.49. The molecular formula is C15H17FN4O. The zero-order chi connectivity index (χ0) is 15.0. The Balaban J connectivity index is 1.96. The van der Waals surface area contributed by atoms with Crippen LogP contribution in [0.1, 0.15) is 35.7 Å². The topological polar surface area (TPSA) is 73.1 Å². The number of rotatable bonds is 4. The molecule has 0 bridgehead atoms. The number of nitrogen functional groups attached to an aromatic ring is 1. The van der Waals surface area contributed by atoms with E-state index in [0.717, 1.165) is 18.7 Å². The van der Waals surface area contributed by atoms with Crippen molar-refractivity contribution in [1.82, 2.24) is 9.97 Å². The molecule has 5 nitrogen and oxygen atoms in total. The lowest BCUT2D eigenvalue weighted by molar-refractivity contribution is 0.450. The van der Waals surface area contributed by atoms with Crippen molar-refractivity contribution in [3.05, 3.63) is 41.0 Å². The van der Waals surface area contributed by atoms with Gasteiger partial charge in [0.05, 0.1) is 5.56 Å². The predicted octanol–water partition coefficient (Wildman–Crippen LogP) is 3.19. The third kappa shape index (κ3) is 2.80. The van der Waals surface area contributed by atoms with Crippen LogP contribution in [0.3, 0.4) is 0 Å². The molecule has 110 valence electrons. The molecule has 1 aromatic heterocycles. The van der Waals surface area contributed by atoms with E-state index in [4.69, 9.17) is 10.6 Å². The Hall–Kier alpha value is -2.21. The molecule has 0 aliphatic heterocycles. The van der Waals surface area contributed by atoms with E-state index in [1.165, 1.54) is 6.07 Å². The smallest absolute Gasteiger partial charge is 0.227 e. The van der Waals surface area contributed by atoms with Crippen molar-refractivity contribution < 1.29 is 9.13 Å². The van der Waals surface area contributed by atoms with Gasteiger partial charge in [-0.15, -0.1) is 0 Å². The van der Waals surface area contributed by atoms with Crippen LogP contribution in [0.4, 0.5) is 10.2 Å². The molecule has 3 N–H and O–H groups in total. The first-order valence-corrected chi connectivity index (χ1v) is 6.87. The molecule has 21 heavy (non-hydrogen) atoms. The Kier molecular flexibility index (Phi) is 3.47. The van der Waals surface area contributed by atoms with Crippen molar-refractivity contribution in [3.63, 3.8) is 0 Å². The number of anilines is 1. The third-order valence-electron chi connectivity index (χ3n) is 3.56. The summed E-state index contributed by atoms with van der Waals surface area (Å²) in [6.45, 7) is 3.52. The number of ether oxygens (including phenoxy) is 1. The standard InChI is InChI=1S/C15H17FN4O/c1-8-3-6-11(7-12(8)16)21-15-9(2)13(20-17)18-14(19-15)10-4-5-10/h3,6-7,10H,4-5,17H2,1-2H3,(H,18,19,20). The zero-order valence-corrected chi connectivity index (χ0v) is 12.0. The molecule has 0 atom stereocenters. The van der Waals surface area contributed by atoms with E-state index in [0.29, 0.717) is 34.5 Å². The number of nitrogens with one attached hydrogen (secondary N) is 1. The summed E-state index contributed by atoms with van der Waals surface area (Å²) in [5.74, 6) is 7.62. The SMILES string of the molecule is Cc1ccc(Oc2nc(C3CC3)nc(NN)c2C)cc1F. The van der Waals surface area contributed by atoms with Crippen molar-refractivity contribution in [1.29, 1.82) is 0 Å². The molecule has 0 radical (unpaired) electrons. The van der Waals surface area contributed by atoms with E-state index in [2.05, 4.69) is 15.4 Å². The lowest BCUT2D eigenvalue weighted by Gasteiger charge is -2.12. The molecule has 0 amide bonds. The van der Waals surface area contributed by atoms with Gasteiger partial charge in [-0.2, -0.15) is 4.98 Å². The molecule has 0 spiro atoms. The lowest BCUT2D eigenvalue weighted by Crippen LogP contribution is -2.13. The molecule has 2 aromatic rings. The minimum absolute atomic E-state index is 0.307. The van der Waals surface area contributed by atoms with Crippen molar-refractivity contribution in [2.75, 3.05) is 5.43 Å². The highest BCUT2D eigenvalue weighted by Crippen LogP contribution is 2.40. The summed E-state index contributed by atoms with van der Waals surface area (Å²) in [6.07, 6.45) is 2.15. The van der Waals surface area contributed by atoms with Gasteiger partial charge in [0.1, 0.15) is 17.4 Å². The van der Waals surface area contributed by atoms with Gasteiger partial charge < -0.3 is 10.2 Å². The third-order valence-corrected chi connectivity index (χ3v) is 3.56. The van der Waals surface area contributed by atoms with E-state index in [-0.39, 0.29) is 5.82 Å². The summed E-state index contributed by atoms with van der Waals surface area (Å²) in [5, 5.41) is 0. The van der Waals surface area contributed by atoms with E-state index in [9.17, 15) is 4.39 Å². The van der Waals surface area contributed by atoms with Crippen LogP contribution in [0, 0.1) is 19.7 Å². The number of halogens is 1. The molecule has 1 saturated carbocycles. The van der Waals surface area contributed by atoms with Crippen LogP contribution < -0.4 is 16.0 Å². The first-order valence-electron chi connectivity index (χ1n) is 6.87. The molecule has 3 rings (SSSR count). The largest absolute Gasteiger partial charge is 0.438 e. The number of nitrogens with zero attached hydrogens (tertiary/aromatic N) is 2. The van der Waals surface area contributed by atoms with Gasteiger partial charge in [-0.25, -0.2) is 15.2 Å². The quantitative estimate of drug-likeness (QED) is 0.667. The first kappa shape index (κ1) is 13.8. The molecular weight excluding hydrogens is 271 g/mol. The van der Waals surface area contributed by atoms with Gasteiger partial charge in [-0.1, -0.05) is 6.07 Å². The summed E-state index contributed by atoms with van der Waals surface area (Å²) >= 11 is 0. The van der Waals surface area contributed by atoms with Gasteiger partial charge >= 0.3 is 0 Å². The number of hydrazine groups is 1. The normalized spacial score (nSPS) is 14.1. The second-order valence-corrected chi connectivity index (χ2v) is 5.29. The Morgan fingerprint density at radius 1 is 1.29 bits per heavy atom. The monoisotopic (exact) mass is 288 g/mol.